The standard InChI is InChI=1S/C11H13Cl2N3O/c1-6(17)11(2,3)9-4-7(12)8-5-14-10(13)15-16(8)9/h4-6,17H,1-3H3. The molecule has 1 unspecified atom stereocenters. The first-order valence-electron chi connectivity index (χ1n) is 5.22. The minimum Gasteiger partial charge on any atom is -0.392 e. The molecule has 4 nitrogen and oxygen atoms in total. The number of aliphatic hydroxyl groups is 1. The van der Waals surface area contributed by atoms with Gasteiger partial charge in [-0.15, -0.1) is 5.10 Å². The molecule has 0 aromatic carbocycles. The molecule has 0 radical (unpaired) electrons. The van der Waals surface area contributed by atoms with Crippen molar-refractivity contribution in [1.82, 2.24) is 14.6 Å². The maximum absolute atomic E-state index is 9.84. The number of fused-ring (bicyclic) bond motifs is 1. The number of rotatable bonds is 2. The van der Waals surface area contributed by atoms with E-state index in [0.29, 0.717) is 10.5 Å². The fourth-order valence-corrected chi connectivity index (χ4v) is 1.96. The lowest BCUT2D eigenvalue weighted by atomic mass is 9.84. The van der Waals surface area contributed by atoms with Gasteiger partial charge in [-0.2, -0.15) is 0 Å². The summed E-state index contributed by atoms with van der Waals surface area (Å²) in [5, 5.41) is 14.7. The van der Waals surface area contributed by atoms with Crippen LogP contribution < -0.4 is 0 Å². The fourth-order valence-electron chi connectivity index (χ4n) is 1.61. The summed E-state index contributed by atoms with van der Waals surface area (Å²) in [6, 6.07) is 1.79. The van der Waals surface area contributed by atoms with Gasteiger partial charge in [0.15, 0.2) is 0 Å². The average molecular weight is 274 g/mol. The van der Waals surface area contributed by atoms with Gasteiger partial charge in [0, 0.05) is 5.41 Å². The summed E-state index contributed by atoms with van der Waals surface area (Å²) in [7, 11) is 0. The van der Waals surface area contributed by atoms with Gasteiger partial charge in [-0.05, 0) is 24.6 Å². The highest BCUT2D eigenvalue weighted by Gasteiger charge is 2.31. The molecule has 0 amide bonds. The van der Waals surface area contributed by atoms with Gasteiger partial charge in [-0.3, -0.25) is 0 Å². The lowest BCUT2D eigenvalue weighted by molar-refractivity contribution is 0.114. The molecule has 0 spiro atoms. The zero-order valence-electron chi connectivity index (χ0n) is 9.78. The third-order valence-electron chi connectivity index (χ3n) is 3.14. The van der Waals surface area contributed by atoms with Gasteiger partial charge in [0.1, 0.15) is 5.52 Å². The van der Waals surface area contributed by atoms with Crippen LogP contribution >= 0.6 is 23.2 Å². The zero-order chi connectivity index (χ0) is 12.8. The Labute approximate surface area is 109 Å². The highest BCUT2D eigenvalue weighted by atomic mass is 35.5. The van der Waals surface area contributed by atoms with Crippen LogP contribution in [-0.2, 0) is 5.41 Å². The maximum atomic E-state index is 9.84. The molecule has 2 heterocycles. The Kier molecular flexibility index (Phi) is 3.06. The van der Waals surface area contributed by atoms with Crippen molar-refractivity contribution in [3.8, 4) is 0 Å². The van der Waals surface area contributed by atoms with Crippen molar-refractivity contribution in [3.05, 3.63) is 28.3 Å². The highest BCUT2D eigenvalue weighted by Crippen LogP contribution is 2.32. The van der Waals surface area contributed by atoms with Crippen LogP contribution in [0.25, 0.3) is 5.52 Å². The predicted octanol–water partition coefficient (Wildman–Crippen LogP) is 2.69. The maximum Gasteiger partial charge on any atom is 0.241 e. The Hall–Kier alpha value is -0.840. The van der Waals surface area contributed by atoms with Crippen molar-refractivity contribution in [2.24, 2.45) is 0 Å². The Morgan fingerprint density at radius 2 is 2.06 bits per heavy atom. The molecule has 2 rings (SSSR count). The molecule has 0 aliphatic rings. The van der Waals surface area contributed by atoms with E-state index in [1.807, 2.05) is 13.8 Å². The summed E-state index contributed by atoms with van der Waals surface area (Å²) in [6.07, 6.45) is 1.03. The first kappa shape index (κ1) is 12.6. The van der Waals surface area contributed by atoms with E-state index in [1.165, 1.54) is 0 Å². The molecule has 1 N–H and O–H groups in total. The van der Waals surface area contributed by atoms with Crippen molar-refractivity contribution >= 4 is 28.7 Å². The third-order valence-corrected chi connectivity index (χ3v) is 3.62. The van der Waals surface area contributed by atoms with E-state index in [1.54, 1.807) is 23.7 Å². The first-order chi connectivity index (χ1) is 7.84. The fraction of sp³-hybridized carbons (Fsp3) is 0.455. The van der Waals surface area contributed by atoms with E-state index >= 15 is 0 Å². The summed E-state index contributed by atoms with van der Waals surface area (Å²) in [5.74, 6) is 0. The van der Waals surface area contributed by atoms with Crippen molar-refractivity contribution < 1.29 is 5.11 Å². The molecular formula is C11H13Cl2N3O. The minimum atomic E-state index is -0.537. The van der Waals surface area contributed by atoms with Crippen molar-refractivity contribution in [2.75, 3.05) is 0 Å². The molecule has 0 saturated carbocycles. The van der Waals surface area contributed by atoms with Gasteiger partial charge in [0.25, 0.3) is 0 Å². The van der Waals surface area contributed by atoms with Crippen molar-refractivity contribution in [1.29, 1.82) is 0 Å². The molecule has 1 atom stereocenters. The van der Waals surface area contributed by atoms with E-state index in [9.17, 15) is 5.11 Å². The molecular weight excluding hydrogens is 261 g/mol. The second kappa shape index (κ2) is 4.12. The van der Waals surface area contributed by atoms with Gasteiger partial charge >= 0.3 is 0 Å². The molecule has 92 valence electrons. The third kappa shape index (κ3) is 2.01. The smallest absolute Gasteiger partial charge is 0.241 e. The van der Waals surface area contributed by atoms with Crippen LogP contribution in [0.3, 0.4) is 0 Å². The highest BCUT2D eigenvalue weighted by molar-refractivity contribution is 6.34. The molecule has 0 fully saturated rings. The number of nitrogens with zero attached hydrogens (tertiary/aromatic N) is 3. The first-order valence-corrected chi connectivity index (χ1v) is 5.98. The normalized spacial score (nSPS) is 14.2. The van der Waals surface area contributed by atoms with E-state index in [-0.39, 0.29) is 5.28 Å². The monoisotopic (exact) mass is 273 g/mol. The second-order valence-corrected chi connectivity index (χ2v) is 5.34. The number of aliphatic hydroxyl groups excluding tert-OH is 1. The van der Waals surface area contributed by atoms with E-state index in [0.717, 1.165) is 5.69 Å². The summed E-state index contributed by atoms with van der Waals surface area (Å²) >= 11 is 11.9. The summed E-state index contributed by atoms with van der Waals surface area (Å²) in [6.45, 7) is 5.58. The number of hydrogen-bond acceptors (Lipinski definition) is 3. The van der Waals surface area contributed by atoms with Gasteiger partial charge in [0.2, 0.25) is 5.28 Å². The van der Waals surface area contributed by atoms with Crippen molar-refractivity contribution in [3.63, 3.8) is 0 Å². The Morgan fingerprint density at radius 1 is 1.41 bits per heavy atom. The number of hydrogen-bond donors (Lipinski definition) is 1. The average Bonchev–Trinajstić information content (AvgIpc) is 2.56. The summed E-state index contributed by atoms with van der Waals surface area (Å²) in [5.41, 5.74) is 1.00. The Morgan fingerprint density at radius 3 is 2.65 bits per heavy atom. The molecule has 6 heteroatoms. The van der Waals surface area contributed by atoms with Gasteiger partial charge < -0.3 is 5.11 Å². The van der Waals surface area contributed by atoms with Crippen LogP contribution in [0, 0.1) is 0 Å². The zero-order valence-corrected chi connectivity index (χ0v) is 11.3. The van der Waals surface area contributed by atoms with Crippen LogP contribution in [0.15, 0.2) is 12.3 Å². The predicted molar refractivity (Wildman–Crippen MR) is 67.7 cm³/mol. The molecule has 17 heavy (non-hydrogen) atoms. The lowest BCUT2D eigenvalue weighted by Gasteiger charge is -2.27. The Balaban J connectivity index is 2.74. The van der Waals surface area contributed by atoms with E-state index in [4.69, 9.17) is 23.2 Å². The van der Waals surface area contributed by atoms with Gasteiger partial charge in [-0.25, -0.2) is 9.50 Å². The summed E-state index contributed by atoms with van der Waals surface area (Å²) in [4.78, 5) is 3.89. The van der Waals surface area contributed by atoms with Crippen LogP contribution in [-0.4, -0.2) is 25.8 Å². The number of aromatic nitrogens is 3. The molecule has 0 bridgehead atoms. The molecule has 0 aliphatic carbocycles. The van der Waals surface area contributed by atoms with E-state index < -0.39 is 11.5 Å². The molecule has 0 saturated heterocycles. The minimum absolute atomic E-state index is 0.146. The van der Waals surface area contributed by atoms with Crippen LogP contribution in [0.2, 0.25) is 10.3 Å². The molecule has 2 aromatic heterocycles. The lowest BCUT2D eigenvalue weighted by Crippen LogP contribution is -2.32. The second-order valence-electron chi connectivity index (χ2n) is 4.60. The van der Waals surface area contributed by atoms with Crippen molar-refractivity contribution in [2.45, 2.75) is 32.3 Å². The summed E-state index contributed by atoms with van der Waals surface area (Å²) < 4.78 is 1.63. The number of halogens is 2. The Bertz CT molecular complexity index is 563. The SMILES string of the molecule is CC(O)C(C)(C)c1cc(Cl)c2cnc(Cl)nn12. The van der Waals surface area contributed by atoms with Crippen LogP contribution in [0.5, 0.6) is 0 Å². The van der Waals surface area contributed by atoms with Crippen LogP contribution in [0.1, 0.15) is 26.5 Å². The van der Waals surface area contributed by atoms with Crippen LogP contribution in [0.4, 0.5) is 0 Å². The molecule has 0 aliphatic heterocycles. The van der Waals surface area contributed by atoms with Gasteiger partial charge in [0.05, 0.1) is 23.0 Å². The molecule has 2 aromatic rings. The quantitative estimate of drug-likeness (QED) is 0.916. The van der Waals surface area contributed by atoms with Gasteiger partial charge in [-0.1, -0.05) is 25.4 Å². The topological polar surface area (TPSA) is 50.4 Å². The van der Waals surface area contributed by atoms with E-state index in [2.05, 4.69) is 10.1 Å². The largest absolute Gasteiger partial charge is 0.392 e.